The summed E-state index contributed by atoms with van der Waals surface area (Å²) in [7, 11) is 0. The molecule has 2 fully saturated rings. The van der Waals surface area contributed by atoms with Crippen molar-refractivity contribution in [1.82, 2.24) is 9.88 Å². The molecule has 6 nitrogen and oxygen atoms in total. The number of allylic oxidation sites excluding steroid dienone is 1. The van der Waals surface area contributed by atoms with Crippen LogP contribution in [0.4, 0.5) is 0 Å². The van der Waals surface area contributed by atoms with E-state index in [1.54, 1.807) is 6.92 Å². The van der Waals surface area contributed by atoms with Gasteiger partial charge in [0.05, 0.1) is 11.6 Å². The van der Waals surface area contributed by atoms with E-state index in [1.165, 1.54) is 25.7 Å². The van der Waals surface area contributed by atoms with E-state index in [2.05, 4.69) is 5.32 Å². The molecule has 0 aromatic carbocycles. The van der Waals surface area contributed by atoms with E-state index in [0.717, 1.165) is 17.8 Å². The van der Waals surface area contributed by atoms with Gasteiger partial charge in [-0.15, -0.1) is 0 Å². The fourth-order valence-electron chi connectivity index (χ4n) is 5.98. The number of esters is 1. The fraction of sp³-hybridized carbons (Fsp3) is 0.636. The number of rotatable bonds is 1. The van der Waals surface area contributed by atoms with Crippen LogP contribution < -0.4 is 10.9 Å². The molecule has 0 bridgehead atoms. The minimum absolute atomic E-state index is 0.0580. The van der Waals surface area contributed by atoms with E-state index in [1.807, 2.05) is 23.6 Å². The molecule has 0 amide bonds. The highest BCUT2D eigenvalue weighted by Gasteiger charge is 2.49. The molecule has 0 radical (unpaired) electrons. The molecule has 1 saturated carbocycles. The average Bonchev–Trinajstić information content (AvgIpc) is 3.02. The predicted molar refractivity (Wildman–Crippen MR) is 104 cm³/mol. The average molecular weight is 384 g/mol. The molecule has 6 heteroatoms. The smallest absolute Gasteiger partial charge is 0.343 e. The van der Waals surface area contributed by atoms with Gasteiger partial charge in [-0.25, -0.2) is 4.79 Å². The minimum atomic E-state index is -1.74. The zero-order valence-electron chi connectivity index (χ0n) is 16.5. The Morgan fingerprint density at radius 1 is 1.36 bits per heavy atom. The van der Waals surface area contributed by atoms with Gasteiger partial charge in [-0.2, -0.15) is 0 Å². The Kier molecular flexibility index (Phi) is 4.07. The van der Waals surface area contributed by atoms with Crippen molar-refractivity contribution < 1.29 is 14.6 Å². The highest BCUT2D eigenvalue weighted by molar-refractivity contribution is 5.83. The number of carbonyl (C=O) groups is 1. The van der Waals surface area contributed by atoms with E-state index in [4.69, 9.17) is 4.74 Å². The number of ether oxygens (including phenoxy) is 1. The Hall–Kier alpha value is -1.92. The molecule has 2 N–H and O–H groups in total. The van der Waals surface area contributed by atoms with E-state index >= 15 is 0 Å². The summed E-state index contributed by atoms with van der Waals surface area (Å²) >= 11 is 0. The normalized spacial score (nSPS) is 37.7. The van der Waals surface area contributed by atoms with Gasteiger partial charge in [-0.05, 0) is 44.6 Å². The summed E-state index contributed by atoms with van der Waals surface area (Å²) < 4.78 is 6.99. The van der Waals surface area contributed by atoms with Gasteiger partial charge in [-0.3, -0.25) is 9.36 Å². The number of aliphatic hydroxyl groups is 1. The van der Waals surface area contributed by atoms with Gasteiger partial charge in [0.1, 0.15) is 6.61 Å². The molecule has 1 aromatic rings. The molecular weight excluding hydrogens is 356 g/mol. The van der Waals surface area contributed by atoms with Crippen LogP contribution in [0.15, 0.2) is 16.9 Å². The number of fused-ring (bicyclic) bond motifs is 5. The number of piperidine rings is 1. The molecule has 1 aromatic heterocycles. The summed E-state index contributed by atoms with van der Waals surface area (Å²) in [5.74, 6) is 0.255. The van der Waals surface area contributed by atoms with E-state index in [0.29, 0.717) is 23.1 Å². The molecule has 28 heavy (non-hydrogen) atoms. The molecular formula is C22H28N2O4. The Bertz CT molecular complexity index is 933. The number of hydrogen-bond acceptors (Lipinski definition) is 5. The number of nitrogens with zero attached hydrogens (tertiary/aromatic N) is 1. The Labute approximate surface area is 164 Å². The van der Waals surface area contributed by atoms with Gasteiger partial charge < -0.3 is 15.2 Å². The van der Waals surface area contributed by atoms with Gasteiger partial charge >= 0.3 is 5.97 Å². The van der Waals surface area contributed by atoms with Crippen LogP contribution in [0.1, 0.15) is 75.2 Å². The summed E-state index contributed by atoms with van der Waals surface area (Å²) in [6.07, 6.45) is 8.28. The Balaban J connectivity index is 1.68. The largest absolute Gasteiger partial charge is 0.458 e. The summed E-state index contributed by atoms with van der Waals surface area (Å²) in [6, 6.07) is 2.44. The second kappa shape index (κ2) is 6.29. The lowest BCUT2D eigenvalue weighted by Gasteiger charge is -2.42. The van der Waals surface area contributed by atoms with Crippen LogP contribution in [-0.2, 0) is 21.7 Å². The first-order valence-electron chi connectivity index (χ1n) is 10.6. The topological polar surface area (TPSA) is 80.6 Å². The second-order valence-corrected chi connectivity index (χ2v) is 8.74. The third-order valence-corrected chi connectivity index (χ3v) is 7.49. The van der Waals surface area contributed by atoms with E-state index in [-0.39, 0.29) is 30.5 Å². The molecule has 4 unspecified atom stereocenters. The van der Waals surface area contributed by atoms with Gasteiger partial charge in [0, 0.05) is 28.9 Å². The van der Waals surface area contributed by atoms with Crippen molar-refractivity contribution in [2.75, 3.05) is 0 Å². The number of pyridine rings is 1. The van der Waals surface area contributed by atoms with Crippen molar-refractivity contribution in [2.24, 2.45) is 11.8 Å². The SMILES string of the molecule is C/C=C1/C2CC3CCCCC3NC2c2cc3c(c(=O)n21)COC(=O)[C@]3(O)CC. The van der Waals surface area contributed by atoms with Crippen LogP contribution in [0.3, 0.4) is 0 Å². The third-order valence-electron chi connectivity index (χ3n) is 7.49. The number of cyclic esters (lactones) is 1. The first-order chi connectivity index (χ1) is 13.5. The van der Waals surface area contributed by atoms with Gasteiger partial charge in [0.25, 0.3) is 5.56 Å². The fourth-order valence-corrected chi connectivity index (χ4v) is 5.98. The van der Waals surface area contributed by atoms with E-state index < -0.39 is 11.6 Å². The Morgan fingerprint density at radius 3 is 2.89 bits per heavy atom. The van der Waals surface area contributed by atoms with Crippen molar-refractivity contribution in [3.05, 3.63) is 39.3 Å². The van der Waals surface area contributed by atoms with E-state index in [9.17, 15) is 14.7 Å². The maximum Gasteiger partial charge on any atom is 0.343 e. The minimum Gasteiger partial charge on any atom is -0.458 e. The maximum absolute atomic E-state index is 13.4. The predicted octanol–water partition coefficient (Wildman–Crippen LogP) is 2.59. The van der Waals surface area contributed by atoms with Crippen LogP contribution in [0, 0.1) is 11.8 Å². The third kappa shape index (κ3) is 2.28. The van der Waals surface area contributed by atoms with Crippen molar-refractivity contribution in [3.63, 3.8) is 0 Å². The molecule has 5 atom stereocenters. The molecule has 4 heterocycles. The van der Waals surface area contributed by atoms with Crippen molar-refractivity contribution in [1.29, 1.82) is 0 Å². The maximum atomic E-state index is 13.4. The summed E-state index contributed by atoms with van der Waals surface area (Å²) in [6.45, 7) is 3.66. The molecule has 1 saturated heterocycles. The lowest BCUT2D eigenvalue weighted by atomic mass is 9.73. The first-order valence-corrected chi connectivity index (χ1v) is 10.6. The summed E-state index contributed by atoms with van der Waals surface area (Å²) in [5, 5.41) is 14.8. The van der Waals surface area contributed by atoms with Gasteiger partial charge in [0.15, 0.2) is 5.60 Å². The van der Waals surface area contributed by atoms with Crippen molar-refractivity contribution in [3.8, 4) is 0 Å². The molecule has 3 aliphatic heterocycles. The van der Waals surface area contributed by atoms with Crippen LogP contribution in [0.5, 0.6) is 0 Å². The molecule has 150 valence electrons. The lowest BCUT2D eigenvalue weighted by molar-refractivity contribution is -0.172. The summed E-state index contributed by atoms with van der Waals surface area (Å²) in [5.41, 5.74) is 0.876. The van der Waals surface area contributed by atoms with Gasteiger partial charge in [0.2, 0.25) is 0 Å². The van der Waals surface area contributed by atoms with Crippen LogP contribution in [0.25, 0.3) is 5.70 Å². The zero-order chi connectivity index (χ0) is 19.6. The Morgan fingerprint density at radius 2 is 2.14 bits per heavy atom. The highest BCUT2D eigenvalue weighted by atomic mass is 16.6. The summed E-state index contributed by atoms with van der Waals surface area (Å²) in [4.78, 5) is 25.7. The van der Waals surface area contributed by atoms with Crippen LogP contribution in [0.2, 0.25) is 0 Å². The second-order valence-electron chi connectivity index (χ2n) is 8.74. The quantitative estimate of drug-likeness (QED) is 0.728. The molecule has 5 rings (SSSR count). The number of aromatic nitrogens is 1. The molecule has 0 spiro atoms. The zero-order valence-corrected chi connectivity index (χ0v) is 16.5. The standard InChI is InChI=1S/C22H28N2O4/c1-3-17-13-9-12-7-5-6-8-16(12)23-19(13)18-10-15-14(20(25)24(17)18)11-28-21(26)22(15,27)4-2/h3,10,12-13,16,19,23,27H,4-9,11H2,1-2H3/b17-3-/t12?,13?,16?,19?,22-/m0/s1. The monoisotopic (exact) mass is 384 g/mol. The number of carbonyl (C=O) groups excluding carboxylic acids is 1. The van der Waals surface area contributed by atoms with Crippen LogP contribution in [-0.4, -0.2) is 21.7 Å². The highest BCUT2D eigenvalue weighted by Crippen LogP contribution is 2.49. The number of hydrogen-bond donors (Lipinski definition) is 2. The number of nitrogens with one attached hydrogen (secondary N) is 1. The molecule has 4 aliphatic rings. The van der Waals surface area contributed by atoms with Crippen molar-refractivity contribution in [2.45, 2.75) is 76.7 Å². The first kappa shape index (κ1) is 18.1. The molecule has 1 aliphatic carbocycles. The van der Waals surface area contributed by atoms with Crippen molar-refractivity contribution >= 4 is 11.7 Å². The van der Waals surface area contributed by atoms with Crippen LogP contribution >= 0.6 is 0 Å². The van der Waals surface area contributed by atoms with Gasteiger partial charge in [-0.1, -0.05) is 25.8 Å². The lowest BCUT2D eigenvalue weighted by Crippen LogP contribution is -2.47.